The van der Waals surface area contributed by atoms with Crippen molar-refractivity contribution in [2.75, 3.05) is 13.1 Å². The minimum absolute atomic E-state index is 0.191. The normalized spacial score (nSPS) is 12.8. The molecule has 0 radical (unpaired) electrons. The molecule has 1 unspecified atom stereocenters. The van der Waals surface area contributed by atoms with Crippen LogP contribution in [0.4, 0.5) is 0 Å². The van der Waals surface area contributed by atoms with Gasteiger partial charge in [0.05, 0.1) is 0 Å². The Kier molecular flexibility index (Phi) is 8.95. The molecule has 1 N–H and O–H groups in total. The average Bonchev–Trinajstić information content (AvgIpc) is 2.20. The van der Waals surface area contributed by atoms with Crippen molar-refractivity contribution in [2.45, 2.75) is 52.9 Å². The Morgan fingerprint density at radius 3 is 2.50 bits per heavy atom. The number of ketones is 1. The monoisotopic (exact) mass is 199 g/mol. The third kappa shape index (κ3) is 7.07. The first-order valence-electron chi connectivity index (χ1n) is 5.95. The van der Waals surface area contributed by atoms with Crippen LogP contribution in [0.5, 0.6) is 0 Å². The Labute approximate surface area is 88.5 Å². The van der Waals surface area contributed by atoms with E-state index < -0.39 is 0 Å². The molecular formula is C12H25NO. The maximum atomic E-state index is 11.6. The number of rotatable bonds is 9. The fraction of sp³-hybridized carbons (Fsp3) is 0.917. The quantitative estimate of drug-likeness (QED) is 0.579. The van der Waals surface area contributed by atoms with E-state index in [1.165, 1.54) is 19.3 Å². The van der Waals surface area contributed by atoms with Crippen LogP contribution in [0.3, 0.4) is 0 Å². The zero-order valence-corrected chi connectivity index (χ0v) is 9.94. The summed E-state index contributed by atoms with van der Waals surface area (Å²) >= 11 is 0. The number of carbonyl (C=O) groups is 1. The van der Waals surface area contributed by atoms with Crippen LogP contribution >= 0.6 is 0 Å². The van der Waals surface area contributed by atoms with Crippen molar-refractivity contribution in [3.05, 3.63) is 0 Å². The molecule has 0 aliphatic rings. The lowest BCUT2D eigenvalue weighted by atomic mass is 10.0. The highest BCUT2D eigenvalue weighted by molar-refractivity contribution is 5.80. The topological polar surface area (TPSA) is 29.1 Å². The van der Waals surface area contributed by atoms with Crippen LogP contribution in [0.15, 0.2) is 0 Å². The number of Topliss-reactive ketones (excluding diaryl/α,β-unsaturated/α-hetero) is 1. The fourth-order valence-corrected chi connectivity index (χ4v) is 1.45. The summed E-state index contributed by atoms with van der Waals surface area (Å²) in [5.41, 5.74) is 0. The maximum absolute atomic E-state index is 11.6. The Balaban J connectivity index is 3.42. The summed E-state index contributed by atoms with van der Waals surface area (Å²) in [6.45, 7) is 8.06. The summed E-state index contributed by atoms with van der Waals surface area (Å²) in [5.74, 6) is 0.610. The number of carbonyl (C=O) groups excluding carboxylic acids is 1. The maximum Gasteiger partial charge on any atom is 0.136 e. The van der Waals surface area contributed by atoms with E-state index in [0.717, 1.165) is 25.9 Å². The van der Waals surface area contributed by atoms with Crippen molar-refractivity contribution < 1.29 is 4.79 Å². The van der Waals surface area contributed by atoms with E-state index in [9.17, 15) is 4.79 Å². The Hall–Kier alpha value is -0.370. The van der Waals surface area contributed by atoms with E-state index in [0.29, 0.717) is 5.78 Å². The molecule has 0 saturated heterocycles. The SMILES string of the molecule is CCCCCCC(=O)C(C)CNCC. The predicted octanol–water partition coefficient (Wildman–Crippen LogP) is 2.77. The van der Waals surface area contributed by atoms with Gasteiger partial charge in [0.2, 0.25) is 0 Å². The number of unbranched alkanes of at least 4 members (excludes halogenated alkanes) is 3. The van der Waals surface area contributed by atoms with Gasteiger partial charge >= 0.3 is 0 Å². The van der Waals surface area contributed by atoms with Crippen LogP contribution in [0.2, 0.25) is 0 Å². The highest BCUT2D eigenvalue weighted by Crippen LogP contribution is 2.07. The van der Waals surface area contributed by atoms with E-state index in [-0.39, 0.29) is 5.92 Å². The van der Waals surface area contributed by atoms with Crippen molar-refractivity contribution >= 4 is 5.78 Å². The second kappa shape index (κ2) is 9.20. The highest BCUT2D eigenvalue weighted by Gasteiger charge is 2.10. The average molecular weight is 199 g/mol. The Bertz CT molecular complexity index is 145. The molecule has 0 heterocycles. The lowest BCUT2D eigenvalue weighted by Crippen LogP contribution is -2.26. The van der Waals surface area contributed by atoms with E-state index in [2.05, 4.69) is 19.2 Å². The highest BCUT2D eigenvalue weighted by atomic mass is 16.1. The molecule has 84 valence electrons. The molecule has 2 heteroatoms. The van der Waals surface area contributed by atoms with Gasteiger partial charge in [-0.15, -0.1) is 0 Å². The molecule has 1 atom stereocenters. The van der Waals surface area contributed by atoms with Crippen molar-refractivity contribution in [1.82, 2.24) is 5.32 Å². The standard InChI is InChI=1S/C12H25NO/c1-4-6-7-8-9-12(14)11(3)10-13-5-2/h11,13H,4-10H2,1-3H3. The molecule has 0 aliphatic heterocycles. The molecular weight excluding hydrogens is 174 g/mol. The molecule has 0 amide bonds. The molecule has 0 spiro atoms. The van der Waals surface area contributed by atoms with Crippen LogP contribution in [-0.4, -0.2) is 18.9 Å². The van der Waals surface area contributed by atoms with Gasteiger partial charge in [-0.2, -0.15) is 0 Å². The lowest BCUT2D eigenvalue weighted by Gasteiger charge is -2.10. The zero-order chi connectivity index (χ0) is 10.8. The Morgan fingerprint density at radius 1 is 1.21 bits per heavy atom. The van der Waals surface area contributed by atoms with Gasteiger partial charge in [-0.1, -0.05) is 40.0 Å². The number of hydrogen-bond acceptors (Lipinski definition) is 2. The van der Waals surface area contributed by atoms with Crippen LogP contribution in [0.1, 0.15) is 52.9 Å². The molecule has 0 fully saturated rings. The molecule has 0 saturated carbocycles. The van der Waals surface area contributed by atoms with E-state index in [4.69, 9.17) is 0 Å². The molecule has 2 nitrogen and oxygen atoms in total. The summed E-state index contributed by atoms with van der Waals surface area (Å²) in [6.07, 6.45) is 5.54. The van der Waals surface area contributed by atoms with E-state index in [1.54, 1.807) is 0 Å². The van der Waals surface area contributed by atoms with Crippen LogP contribution in [0.25, 0.3) is 0 Å². The second-order valence-corrected chi connectivity index (χ2v) is 3.99. The molecule has 14 heavy (non-hydrogen) atoms. The predicted molar refractivity (Wildman–Crippen MR) is 61.5 cm³/mol. The van der Waals surface area contributed by atoms with Gasteiger partial charge in [0.1, 0.15) is 5.78 Å². The van der Waals surface area contributed by atoms with Gasteiger partial charge in [0.15, 0.2) is 0 Å². The molecule has 0 aromatic heterocycles. The Morgan fingerprint density at radius 2 is 1.93 bits per heavy atom. The van der Waals surface area contributed by atoms with Crippen LogP contribution in [0, 0.1) is 5.92 Å². The van der Waals surface area contributed by atoms with Gasteiger partial charge in [-0.05, 0) is 13.0 Å². The van der Waals surface area contributed by atoms with Gasteiger partial charge in [-0.25, -0.2) is 0 Å². The third-order valence-electron chi connectivity index (χ3n) is 2.53. The second-order valence-electron chi connectivity index (χ2n) is 3.99. The fourth-order valence-electron chi connectivity index (χ4n) is 1.45. The van der Waals surface area contributed by atoms with Gasteiger partial charge in [0, 0.05) is 18.9 Å². The van der Waals surface area contributed by atoms with Crippen molar-refractivity contribution in [3.8, 4) is 0 Å². The summed E-state index contributed by atoms with van der Waals surface area (Å²) in [5, 5.41) is 3.21. The summed E-state index contributed by atoms with van der Waals surface area (Å²) < 4.78 is 0. The summed E-state index contributed by atoms with van der Waals surface area (Å²) in [6, 6.07) is 0. The van der Waals surface area contributed by atoms with E-state index in [1.807, 2.05) is 6.92 Å². The smallest absolute Gasteiger partial charge is 0.136 e. The minimum Gasteiger partial charge on any atom is -0.316 e. The first kappa shape index (κ1) is 13.6. The first-order chi connectivity index (χ1) is 6.72. The molecule has 0 aliphatic carbocycles. The van der Waals surface area contributed by atoms with Crippen molar-refractivity contribution in [3.63, 3.8) is 0 Å². The van der Waals surface area contributed by atoms with Gasteiger partial charge in [0.25, 0.3) is 0 Å². The lowest BCUT2D eigenvalue weighted by molar-refractivity contribution is -0.122. The van der Waals surface area contributed by atoms with Gasteiger partial charge in [-0.3, -0.25) is 4.79 Å². The first-order valence-corrected chi connectivity index (χ1v) is 5.95. The largest absolute Gasteiger partial charge is 0.316 e. The molecule has 0 aromatic carbocycles. The minimum atomic E-state index is 0.191. The molecule has 0 aromatic rings. The van der Waals surface area contributed by atoms with Crippen LogP contribution < -0.4 is 5.32 Å². The van der Waals surface area contributed by atoms with E-state index >= 15 is 0 Å². The molecule has 0 rings (SSSR count). The van der Waals surface area contributed by atoms with Gasteiger partial charge < -0.3 is 5.32 Å². The van der Waals surface area contributed by atoms with Crippen LogP contribution in [-0.2, 0) is 4.79 Å². The zero-order valence-electron chi connectivity index (χ0n) is 9.94. The van der Waals surface area contributed by atoms with Crippen molar-refractivity contribution in [2.24, 2.45) is 5.92 Å². The summed E-state index contributed by atoms with van der Waals surface area (Å²) in [7, 11) is 0. The summed E-state index contributed by atoms with van der Waals surface area (Å²) in [4.78, 5) is 11.6. The third-order valence-corrected chi connectivity index (χ3v) is 2.53. The number of hydrogen-bond donors (Lipinski definition) is 1. The molecule has 0 bridgehead atoms. The number of nitrogens with one attached hydrogen (secondary N) is 1. The van der Waals surface area contributed by atoms with Crippen molar-refractivity contribution in [1.29, 1.82) is 0 Å².